The predicted octanol–water partition coefficient (Wildman–Crippen LogP) is 1.81. The first kappa shape index (κ1) is 17.8. The van der Waals surface area contributed by atoms with Gasteiger partial charge in [-0.1, -0.05) is 13.8 Å². The second-order valence-corrected chi connectivity index (χ2v) is 5.59. The molecule has 0 aliphatic carbocycles. The molecule has 2 atom stereocenters. The van der Waals surface area contributed by atoms with Gasteiger partial charge in [0.2, 0.25) is 0 Å². The van der Waals surface area contributed by atoms with Crippen molar-refractivity contribution in [3.63, 3.8) is 0 Å². The monoisotopic (exact) mass is 261 g/mol. The summed E-state index contributed by atoms with van der Waals surface area (Å²) in [5, 5.41) is 13.0. The smallest absolute Gasteiger partial charge is 0.0897 e. The van der Waals surface area contributed by atoms with E-state index in [-0.39, 0.29) is 6.10 Å². The van der Waals surface area contributed by atoms with Crippen molar-refractivity contribution in [2.45, 2.75) is 59.3 Å². The minimum absolute atomic E-state index is 0.233. The Kier molecular flexibility index (Phi) is 10.6. The van der Waals surface area contributed by atoms with Gasteiger partial charge in [-0.3, -0.25) is 0 Å². The molecule has 4 nitrogen and oxygen atoms in total. The molecule has 0 radical (unpaired) electrons. The zero-order valence-corrected chi connectivity index (χ0v) is 12.6. The van der Waals surface area contributed by atoms with Crippen LogP contribution in [0.5, 0.6) is 0 Å². The molecule has 18 heavy (non-hydrogen) atoms. The molecule has 0 aromatic heterocycles. The van der Waals surface area contributed by atoms with Gasteiger partial charge in [-0.05, 0) is 33.1 Å². The van der Waals surface area contributed by atoms with Crippen molar-refractivity contribution in [3.8, 4) is 0 Å². The molecule has 0 aliphatic rings. The lowest BCUT2D eigenvalue weighted by Gasteiger charge is -2.18. The minimum Gasteiger partial charge on any atom is -0.389 e. The van der Waals surface area contributed by atoms with Crippen molar-refractivity contribution in [1.29, 1.82) is 0 Å². The van der Waals surface area contributed by atoms with Gasteiger partial charge in [0.15, 0.2) is 0 Å². The summed E-state index contributed by atoms with van der Waals surface area (Å²) in [7, 11) is 0. The number of ether oxygens (including phenoxy) is 2. The van der Waals surface area contributed by atoms with Crippen molar-refractivity contribution in [1.82, 2.24) is 5.32 Å². The van der Waals surface area contributed by atoms with Crippen molar-refractivity contribution in [2.75, 3.05) is 26.4 Å². The third kappa shape index (κ3) is 12.3. The standard InChI is InChI=1S/C14H31NO3/c1-11(2)8-13(5)15-9-14(16)10-17-6-7-18-12(3)4/h11-16H,6-10H2,1-5H3. The number of aliphatic hydroxyl groups excluding tert-OH is 1. The van der Waals surface area contributed by atoms with Crippen molar-refractivity contribution >= 4 is 0 Å². The van der Waals surface area contributed by atoms with Crippen LogP contribution in [-0.4, -0.2) is 49.7 Å². The van der Waals surface area contributed by atoms with Gasteiger partial charge >= 0.3 is 0 Å². The summed E-state index contributed by atoms with van der Waals surface area (Å²) in [5.74, 6) is 0.675. The fraction of sp³-hybridized carbons (Fsp3) is 1.00. The van der Waals surface area contributed by atoms with E-state index in [4.69, 9.17) is 9.47 Å². The lowest BCUT2D eigenvalue weighted by molar-refractivity contribution is -0.0105. The first-order valence-electron chi connectivity index (χ1n) is 7.02. The molecule has 0 aliphatic heterocycles. The van der Waals surface area contributed by atoms with Crippen LogP contribution in [0.2, 0.25) is 0 Å². The predicted molar refractivity (Wildman–Crippen MR) is 74.8 cm³/mol. The molecule has 2 unspecified atom stereocenters. The fourth-order valence-electron chi connectivity index (χ4n) is 1.75. The van der Waals surface area contributed by atoms with Crippen LogP contribution in [0, 0.1) is 5.92 Å². The van der Waals surface area contributed by atoms with Gasteiger partial charge in [-0.25, -0.2) is 0 Å². The summed E-state index contributed by atoms with van der Waals surface area (Å²) in [6.45, 7) is 12.6. The molecule has 0 fully saturated rings. The summed E-state index contributed by atoms with van der Waals surface area (Å²) in [5.41, 5.74) is 0. The molecule has 0 spiro atoms. The van der Waals surface area contributed by atoms with Crippen LogP contribution >= 0.6 is 0 Å². The minimum atomic E-state index is -0.446. The molecule has 0 aromatic rings. The van der Waals surface area contributed by atoms with E-state index >= 15 is 0 Å². The highest BCUT2D eigenvalue weighted by Gasteiger charge is 2.08. The van der Waals surface area contributed by atoms with Crippen LogP contribution in [0.25, 0.3) is 0 Å². The van der Waals surface area contributed by atoms with Gasteiger partial charge in [0, 0.05) is 12.6 Å². The topological polar surface area (TPSA) is 50.7 Å². The van der Waals surface area contributed by atoms with Crippen LogP contribution in [-0.2, 0) is 9.47 Å². The molecular formula is C14H31NO3. The summed E-state index contributed by atoms with van der Waals surface area (Å²) in [6, 6.07) is 0.434. The highest BCUT2D eigenvalue weighted by molar-refractivity contribution is 4.66. The maximum Gasteiger partial charge on any atom is 0.0897 e. The Morgan fingerprint density at radius 1 is 1.06 bits per heavy atom. The van der Waals surface area contributed by atoms with Gasteiger partial charge in [0.05, 0.1) is 32.0 Å². The van der Waals surface area contributed by atoms with Crippen LogP contribution in [0.1, 0.15) is 41.0 Å². The van der Waals surface area contributed by atoms with Crippen molar-refractivity contribution < 1.29 is 14.6 Å². The molecule has 0 amide bonds. The molecule has 0 rings (SSSR count). The Labute approximate surface area is 112 Å². The van der Waals surface area contributed by atoms with E-state index in [9.17, 15) is 5.11 Å². The van der Waals surface area contributed by atoms with E-state index < -0.39 is 6.10 Å². The third-order valence-corrected chi connectivity index (χ3v) is 2.52. The lowest BCUT2D eigenvalue weighted by Crippen LogP contribution is -2.36. The van der Waals surface area contributed by atoms with Gasteiger partial charge in [-0.15, -0.1) is 0 Å². The van der Waals surface area contributed by atoms with E-state index in [1.165, 1.54) is 0 Å². The molecule has 0 saturated carbocycles. The second-order valence-electron chi connectivity index (χ2n) is 5.59. The molecular weight excluding hydrogens is 230 g/mol. The zero-order chi connectivity index (χ0) is 14.0. The number of nitrogens with one attached hydrogen (secondary N) is 1. The van der Waals surface area contributed by atoms with E-state index in [2.05, 4.69) is 26.1 Å². The summed E-state index contributed by atoms with van der Waals surface area (Å²) in [6.07, 6.45) is 0.909. The normalized spacial score (nSPS) is 15.3. The SMILES string of the molecule is CC(C)CC(C)NCC(O)COCCOC(C)C. The van der Waals surface area contributed by atoms with Gasteiger partial charge in [-0.2, -0.15) is 0 Å². The Morgan fingerprint density at radius 2 is 1.72 bits per heavy atom. The van der Waals surface area contributed by atoms with Gasteiger partial charge in [0.1, 0.15) is 0 Å². The quantitative estimate of drug-likeness (QED) is 0.557. The van der Waals surface area contributed by atoms with Crippen LogP contribution in [0.15, 0.2) is 0 Å². The average molecular weight is 261 g/mol. The maximum absolute atomic E-state index is 9.71. The average Bonchev–Trinajstić information content (AvgIpc) is 2.24. The molecule has 4 heteroatoms. The molecule has 2 N–H and O–H groups in total. The first-order chi connectivity index (χ1) is 8.41. The van der Waals surface area contributed by atoms with Crippen LogP contribution in [0.4, 0.5) is 0 Å². The van der Waals surface area contributed by atoms with Crippen LogP contribution < -0.4 is 5.32 Å². The van der Waals surface area contributed by atoms with Crippen LogP contribution in [0.3, 0.4) is 0 Å². The molecule has 0 bridgehead atoms. The Bertz CT molecular complexity index is 186. The Hall–Kier alpha value is -0.160. The van der Waals surface area contributed by atoms with Crippen molar-refractivity contribution in [2.24, 2.45) is 5.92 Å². The third-order valence-electron chi connectivity index (χ3n) is 2.52. The maximum atomic E-state index is 9.71. The number of aliphatic hydroxyl groups is 1. The zero-order valence-electron chi connectivity index (χ0n) is 12.6. The summed E-state index contributed by atoms with van der Waals surface area (Å²) >= 11 is 0. The number of hydrogen-bond donors (Lipinski definition) is 2. The first-order valence-corrected chi connectivity index (χ1v) is 7.02. The highest BCUT2D eigenvalue weighted by atomic mass is 16.5. The number of hydrogen-bond acceptors (Lipinski definition) is 4. The van der Waals surface area contributed by atoms with E-state index in [1.54, 1.807) is 0 Å². The second kappa shape index (κ2) is 10.7. The molecule has 0 saturated heterocycles. The Balaban J connectivity index is 3.39. The van der Waals surface area contributed by atoms with E-state index in [1.807, 2.05) is 13.8 Å². The summed E-state index contributed by atoms with van der Waals surface area (Å²) in [4.78, 5) is 0. The largest absolute Gasteiger partial charge is 0.389 e. The number of rotatable bonds is 11. The Morgan fingerprint density at radius 3 is 2.28 bits per heavy atom. The van der Waals surface area contributed by atoms with E-state index in [0.29, 0.717) is 38.3 Å². The van der Waals surface area contributed by atoms with Gasteiger partial charge in [0.25, 0.3) is 0 Å². The summed E-state index contributed by atoms with van der Waals surface area (Å²) < 4.78 is 10.7. The van der Waals surface area contributed by atoms with Crippen molar-refractivity contribution in [3.05, 3.63) is 0 Å². The fourth-order valence-corrected chi connectivity index (χ4v) is 1.75. The van der Waals surface area contributed by atoms with Gasteiger partial charge < -0.3 is 19.9 Å². The molecule has 0 heterocycles. The lowest BCUT2D eigenvalue weighted by atomic mass is 10.1. The molecule has 0 aromatic carbocycles. The van der Waals surface area contributed by atoms with E-state index in [0.717, 1.165) is 6.42 Å². The molecule has 110 valence electrons. The highest BCUT2D eigenvalue weighted by Crippen LogP contribution is 2.03.